The lowest BCUT2D eigenvalue weighted by molar-refractivity contribution is -0.188. The molecule has 2 aromatic rings. The third-order valence-electron chi connectivity index (χ3n) is 11.6. The number of benzene rings is 2. The first-order chi connectivity index (χ1) is 26.9. The second kappa shape index (κ2) is 18.1. The molecule has 0 radical (unpaired) electrons. The van der Waals surface area contributed by atoms with Crippen LogP contribution in [0.2, 0.25) is 0 Å². The molecule has 57 heavy (non-hydrogen) atoms. The third-order valence-corrected chi connectivity index (χ3v) is 11.6. The van der Waals surface area contributed by atoms with E-state index in [0.29, 0.717) is 37.7 Å². The molecule has 0 spiro atoms. The number of Topliss-reactive ketones (excluding diaryl/α,β-unsaturated/α-hetero) is 1. The van der Waals surface area contributed by atoms with Crippen molar-refractivity contribution in [2.45, 2.75) is 121 Å². The monoisotopic (exact) mass is 789 g/mol. The molecule has 4 saturated carbocycles. The summed E-state index contributed by atoms with van der Waals surface area (Å²) in [5.41, 5.74) is 5.70. The summed E-state index contributed by atoms with van der Waals surface area (Å²) in [6, 6.07) is 12.2. The fourth-order valence-electron chi connectivity index (χ4n) is 9.57. The topological polar surface area (TPSA) is 215 Å². The van der Waals surface area contributed by atoms with Gasteiger partial charge in [0.05, 0.1) is 31.0 Å². The summed E-state index contributed by atoms with van der Waals surface area (Å²) in [4.78, 5) is 82.1. The van der Waals surface area contributed by atoms with Crippen LogP contribution < -0.4 is 27.0 Å². The van der Waals surface area contributed by atoms with Crippen LogP contribution in [-0.2, 0) is 46.3 Å². The number of methoxy groups -OCH3 is 1. The van der Waals surface area contributed by atoms with E-state index < -0.39 is 76.9 Å². The molecular weight excluding hydrogens is 730 g/mol. The predicted molar refractivity (Wildman–Crippen MR) is 211 cm³/mol. The molecule has 4 aliphatic carbocycles. The minimum absolute atomic E-state index is 0.0381. The van der Waals surface area contributed by atoms with Gasteiger partial charge in [-0.3, -0.25) is 24.0 Å². The number of esters is 1. The Morgan fingerprint density at radius 2 is 1.44 bits per heavy atom. The summed E-state index contributed by atoms with van der Waals surface area (Å²) in [5.74, 6) is -3.02. The number of nitrogens with one attached hydrogen (secondary N) is 4. The number of nitrogens with two attached hydrogens (primary N) is 1. The number of unbranched alkanes of at least 4 members (excludes halogenated alkanes) is 1. The number of phenolic OH excluding ortho intramolecular Hbond substituents is 1. The smallest absolute Gasteiger partial charge is 0.408 e. The van der Waals surface area contributed by atoms with Crippen molar-refractivity contribution < 1.29 is 43.3 Å². The highest BCUT2D eigenvalue weighted by Gasteiger charge is 2.68. The molecule has 4 bridgehead atoms. The summed E-state index contributed by atoms with van der Waals surface area (Å²) in [6.45, 7) is 6.52. The van der Waals surface area contributed by atoms with Crippen LogP contribution in [0.5, 0.6) is 5.75 Å². The molecule has 6 atom stereocenters. The molecule has 0 heterocycles. The van der Waals surface area contributed by atoms with Gasteiger partial charge in [-0.25, -0.2) is 4.79 Å². The molecule has 2 aromatic carbocycles. The van der Waals surface area contributed by atoms with Crippen LogP contribution in [0.3, 0.4) is 0 Å². The quantitative estimate of drug-likeness (QED) is 0.128. The van der Waals surface area contributed by atoms with Crippen LogP contribution in [0.25, 0.3) is 0 Å². The van der Waals surface area contributed by atoms with Crippen LogP contribution >= 0.6 is 0 Å². The zero-order chi connectivity index (χ0) is 41.5. The minimum atomic E-state index is -1.14. The predicted octanol–water partition coefficient (Wildman–Crippen LogP) is 3.61. The number of alkyl carbamates (subject to hydrolysis) is 1. The van der Waals surface area contributed by atoms with E-state index in [1.54, 1.807) is 32.9 Å². The van der Waals surface area contributed by atoms with Gasteiger partial charge in [-0.05, 0) is 101 Å². The highest BCUT2D eigenvalue weighted by atomic mass is 16.6. The highest BCUT2D eigenvalue weighted by Crippen LogP contribution is 2.64. The van der Waals surface area contributed by atoms with Crippen LogP contribution in [-0.4, -0.2) is 83.6 Å². The van der Waals surface area contributed by atoms with Gasteiger partial charge in [0.1, 0.15) is 23.4 Å². The lowest BCUT2D eigenvalue weighted by atomic mass is 9.41. The van der Waals surface area contributed by atoms with E-state index in [1.807, 2.05) is 37.3 Å². The number of ether oxygens (including phenoxy) is 2. The molecule has 3 unspecified atom stereocenters. The number of hydrogen-bond acceptors (Lipinski definition) is 10. The van der Waals surface area contributed by atoms with Gasteiger partial charge in [0.2, 0.25) is 17.7 Å². The molecular formula is C43H59N5O9. The van der Waals surface area contributed by atoms with Crippen molar-refractivity contribution in [3.63, 3.8) is 0 Å². The van der Waals surface area contributed by atoms with Crippen LogP contribution in [0.4, 0.5) is 4.79 Å². The van der Waals surface area contributed by atoms with Crippen molar-refractivity contribution >= 4 is 35.6 Å². The molecule has 14 nitrogen and oxygen atoms in total. The lowest BCUT2D eigenvalue weighted by Gasteiger charge is -2.63. The molecule has 310 valence electrons. The van der Waals surface area contributed by atoms with Crippen LogP contribution in [0.15, 0.2) is 54.6 Å². The Kier molecular flexibility index (Phi) is 13.7. The van der Waals surface area contributed by atoms with Gasteiger partial charge in [-0.2, -0.15) is 0 Å². The molecule has 6 rings (SSSR count). The standard InChI is InChI=1S/C43H59N5O9/c1-6-7-13-31(47-38(53)33(48-40(55)57-41(2,3)4)20-27-14-16-30(49)17-15-27)37(52)45-25-34(50)46-32(19-26-11-9-8-10-12-26)35(51)36-42(39(54)56-5)21-28-18-29(22-42)24-43(36,44)23-28/h8-12,14-17,28-29,31-33,36,49H,6-7,13,18-25,44H2,1-5H3,(H,45,52)(H,46,50)(H,47,53)(H,48,55)/t28?,29?,31-,32+,33+,36?,42?,43?/m1/s1. The maximum atomic E-state index is 14.8. The first-order valence-corrected chi connectivity index (χ1v) is 20.0. The largest absolute Gasteiger partial charge is 0.508 e. The van der Waals surface area contributed by atoms with Crippen molar-refractivity contribution in [3.05, 3.63) is 65.7 Å². The molecule has 7 N–H and O–H groups in total. The van der Waals surface area contributed by atoms with Crippen molar-refractivity contribution in [2.75, 3.05) is 13.7 Å². The average Bonchev–Trinajstić information content (AvgIpc) is 3.14. The average molecular weight is 790 g/mol. The number of carbonyl (C=O) groups is 6. The Bertz CT molecular complexity index is 1760. The van der Waals surface area contributed by atoms with E-state index in [2.05, 4.69) is 21.3 Å². The van der Waals surface area contributed by atoms with Gasteiger partial charge in [-0.1, -0.05) is 62.2 Å². The van der Waals surface area contributed by atoms with E-state index in [4.69, 9.17) is 15.2 Å². The highest BCUT2D eigenvalue weighted by molar-refractivity contribution is 5.98. The number of rotatable bonds is 17. The maximum Gasteiger partial charge on any atom is 0.408 e. The number of amides is 4. The Labute approximate surface area is 334 Å². The van der Waals surface area contributed by atoms with Gasteiger partial charge >= 0.3 is 12.1 Å². The summed E-state index contributed by atoms with van der Waals surface area (Å²) in [6.07, 6.45) is 4.16. The molecule has 4 fully saturated rings. The zero-order valence-electron chi connectivity index (χ0n) is 33.7. The Balaban J connectivity index is 1.30. The third kappa shape index (κ3) is 10.7. The van der Waals surface area contributed by atoms with Gasteiger partial charge in [0.15, 0.2) is 5.78 Å². The number of aromatic hydroxyl groups is 1. The fourth-order valence-corrected chi connectivity index (χ4v) is 9.57. The summed E-state index contributed by atoms with van der Waals surface area (Å²) < 4.78 is 10.7. The number of hydrogen-bond donors (Lipinski definition) is 6. The summed E-state index contributed by atoms with van der Waals surface area (Å²) in [7, 11) is 1.33. The molecule has 14 heteroatoms. The van der Waals surface area contributed by atoms with Gasteiger partial charge in [-0.15, -0.1) is 0 Å². The Morgan fingerprint density at radius 1 is 0.825 bits per heavy atom. The van der Waals surface area contributed by atoms with Crippen molar-refractivity contribution in [3.8, 4) is 5.75 Å². The van der Waals surface area contributed by atoms with Gasteiger partial charge in [0.25, 0.3) is 0 Å². The van der Waals surface area contributed by atoms with Gasteiger partial charge < -0.3 is 41.6 Å². The lowest BCUT2D eigenvalue weighted by Crippen LogP contribution is -2.72. The molecule has 4 aliphatic rings. The van der Waals surface area contributed by atoms with Gasteiger partial charge in [0, 0.05) is 12.0 Å². The van der Waals surface area contributed by atoms with E-state index >= 15 is 0 Å². The molecule has 0 saturated heterocycles. The second-order valence-electron chi connectivity index (χ2n) is 17.3. The Hall–Kier alpha value is -4.98. The van der Waals surface area contributed by atoms with E-state index in [1.165, 1.54) is 19.2 Å². The first kappa shape index (κ1) is 43.1. The van der Waals surface area contributed by atoms with Crippen molar-refractivity contribution in [1.29, 1.82) is 0 Å². The molecule has 0 aromatic heterocycles. The molecule has 0 aliphatic heterocycles. The summed E-state index contributed by atoms with van der Waals surface area (Å²) in [5, 5.41) is 20.6. The number of carbonyl (C=O) groups excluding carboxylic acids is 6. The van der Waals surface area contributed by atoms with Crippen LogP contribution in [0, 0.1) is 23.2 Å². The second-order valence-corrected chi connectivity index (χ2v) is 17.3. The summed E-state index contributed by atoms with van der Waals surface area (Å²) >= 11 is 0. The Morgan fingerprint density at radius 3 is 2.04 bits per heavy atom. The fraction of sp³-hybridized carbons (Fsp3) is 0.581. The van der Waals surface area contributed by atoms with Crippen LogP contribution in [0.1, 0.15) is 90.2 Å². The SMILES string of the molecule is CCCC[C@@H](NC(=O)[C@H](Cc1ccc(O)cc1)NC(=O)OC(C)(C)C)C(=O)NCC(=O)N[C@@H](Cc1ccccc1)C(=O)C1C2(N)CC3CC(C2)CC1(C(=O)OC)C3. The minimum Gasteiger partial charge on any atom is -0.508 e. The van der Waals surface area contributed by atoms with Crippen molar-refractivity contribution in [1.82, 2.24) is 21.3 Å². The number of ketones is 1. The first-order valence-electron chi connectivity index (χ1n) is 20.0. The van der Waals surface area contributed by atoms with Crippen molar-refractivity contribution in [2.24, 2.45) is 28.9 Å². The van der Waals surface area contributed by atoms with E-state index in [9.17, 15) is 33.9 Å². The van der Waals surface area contributed by atoms with E-state index in [-0.39, 0.29) is 42.6 Å². The molecule has 4 amide bonds. The van der Waals surface area contributed by atoms with E-state index in [0.717, 1.165) is 18.4 Å². The zero-order valence-corrected chi connectivity index (χ0v) is 33.7. The normalized spacial score (nSPS) is 25.0. The number of phenols is 1. The maximum absolute atomic E-state index is 14.8.